The molecule has 0 aliphatic carbocycles. The number of carbonyl (C=O) groups excluding carboxylic acids is 2. The molecule has 0 spiro atoms. The van der Waals surface area contributed by atoms with Crippen LogP contribution in [-0.2, 0) is 9.53 Å². The molecule has 0 radical (unpaired) electrons. The summed E-state index contributed by atoms with van der Waals surface area (Å²) < 4.78 is 10.2. The van der Waals surface area contributed by atoms with E-state index in [9.17, 15) is 14.7 Å². The number of amides is 1. The summed E-state index contributed by atoms with van der Waals surface area (Å²) in [5.41, 5.74) is 0.929. The molecule has 2 rings (SSSR count). The number of phenols is 1. The summed E-state index contributed by atoms with van der Waals surface area (Å²) in [6.07, 6.45) is -0.666. The Bertz CT molecular complexity index is 797. The third-order valence-electron chi connectivity index (χ3n) is 3.31. The Kier molecular flexibility index (Phi) is 5.42. The van der Waals surface area contributed by atoms with Gasteiger partial charge in [0.15, 0.2) is 0 Å². The first-order valence-corrected chi connectivity index (χ1v) is 7.39. The van der Waals surface area contributed by atoms with E-state index in [1.807, 2.05) is 0 Å². The molecule has 6 heteroatoms. The number of esters is 1. The maximum atomic E-state index is 11.9. The number of phenolic OH excluding ortho intramolecular Hbond substituents is 1. The van der Waals surface area contributed by atoms with E-state index in [2.05, 4.69) is 11.9 Å². The molecule has 2 aromatic carbocycles. The van der Waals surface area contributed by atoms with Gasteiger partial charge in [-0.1, -0.05) is 30.8 Å². The normalized spacial score (nSPS) is 10.2. The number of carbonyl (C=O) groups is 2. The molecule has 0 fully saturated rings. The molecule has 6 nitrogen and oxygen atoms in total. The van der Waals surface area contributed by atoms with Crippen molar-refractivity contribution in [3.63, 3.8) is 0 Å². The van der Waals surface area contributed by atoms with Crippen molar-refractivity contribution in [2.75, 3.05) is 13.2 Å². The lowest BCUT2D eigenvalue weighted by Gasteiger charge is -2.13. The van der Waals surface area contributed by atoms with Crippen LogP contribution < -0.4 is 10.1 Å². The van der Waals surface area contributed by atoms with Gasteiger partial charge in [0.05, 0.1) is 6.54 Å². The van der Waals surface area contributed by atoms with Crippen LogP contribution in [0.4, 0.5) is 4.79 Å². The van der Waals surface area contributed by atoms with E-state index in [0.717, 1.165) is 0 Å². The van der Waals surface area contributed by atoms with Crippen LogP contribution in [0.1, 0.15) is 12.5 Å². The molecule has 2 aromatic rings. The van der Waals surface area contributed by atoms with Crippen molar-refractivity contribution < 1.29 is 24.2 Å². The molecule has 0 atom stereocenters. The van der Waals surface area contributed by atoms with Crippen molar-refractivity contribution in [2.24, 2.45) is 0 Å². The number of rotatable bonds is 5. The van der Waals surface area contributed by atoms with E-state index in [-0.39, 0.29) is 18.9 Å². The quantitative estimate of drug-likeness (QED) is 0.500. The van der Waals surface area contributed by atoms with Gasteiger partial charge in [0.2, 0.25) is 0 Å². The topological polar surface area (TPSA) is 84.9 Å². The molecule has 0 unspecified atom stereocenters. The molecule has 0 heterocycles. The first-order chi connectivity index (χ1) is 11.4. The van der Waals surface area contributed by atoms with Gasteiger partial charge in [-0.05, 0) is 25.5 Å². The molecule has 2 N–H and O–H groups in total. The first kappa shape index (κ1) is 17.3. The average Bonchev–Trinajstić information content (AvgIpc) is 2.55. The summed E-state index contributed by atoms with van der Waals surface area (Å²) in [6, 6.07) is 8.63. The minimum atomic E-state index is -0.666. The Labute approximate surface area is 139 Å². The van der Waals surface area contributed by atoms with Crippen LogP contribution in [0.15, 0.2) is 42.5 Å². The molecule has 126 valence electrons. The van der Waals surface area contributed by atoms with Crippen LogP contribution in [0.5, 0.6) is 11.5 Å². The van der Waals surface area contributed by atoms with Gasteiger partial charge in [-0.3, -0.25) is 0 Å². The van der Waals surface area contributed by atoms with Gasteiger partial charge in [0.25, 0.3) is 0 Å². The van der Waals surface area contributed by atoms with Crippen molar-refractivity contribution >= 4 is 22.8 Å². The highest BCUT2D eigenvalue weighted by Crippen LogP contribution is 2.35. The number of hydrogen-bond donors (Lipinski definition) is 2. The smallest absolute Gasteiger partial charge is 0.412 e. The second kappa shape index (κ2) is 7.50. The predicted octanol–water partition coefficient (Wildman–Crippen LogP) is 3.06. The summed E-state index contributed by atoms with van der Waals surface area (Å²) in [4.78, 5) is 23.1. The summed E-state index contributed by atoms with van der Waals surface area (Å²) in [7, 11) is 0. The summed E-state index contributed by atoms with van der Waals surface area (Å²) >= 11 is 0. The molecule has 1 amide bonds. The number of hydrogen-bond acceptors (Lipinski definition) is 5. The number of benzene rings is 2. The zero-order valence-corrected chi connectivity index (χ0v) is 13.6. The van der Waals surface area contributed by atoms with Crippen molar-refractivity contribution in [1.82, 2.24) is 5.32 Å². The van der Waals surface area contributed by atoms with Gasteiger partial charge in [-0.25, -0.2) is 9.59 Å². The number of aryl methyl sites for hydroxylation is 1. The highest BCUT2D eigenvalue weighted by atomic mass is 16.6. The van der Waals surface area contributed by atoms with Crippen LogP contribution in [0.3, 0.4) is 0 Å². The van der Waals surface area contributed by atoms with E-state index >= 15 is 0 Å². The predicted molar refractivity (Wildman–Crippen MR) is 90.1 cm³/mol. The Morgan fingerprint density at radius 2 is 1.92 bits per heavy atom. The van der Waals surface area contributed by atoms with Crippen molar-refractivity contribution in [3.8, 4) is 11.5 Å². The minimum Gasteiger partial charge on any atom is -0.507 e. The van der Waals surface area contributed by atoms with Gasteiger partial charge >= 0.3 is 12.1 Å². The Hall–Kier alpha value is -3.02. The molecule has 24 heavy (non-hydrogen) atoms. The average molecular weight is 329 g/mol. The molecule has 0 aliphatic rings. The zero-order valence-electron chi connectivity index (χ0n) is 13.6. The van der Waals surface area contributed by atoms with E-state index < -0.39 is 12.1 Å². The van der Waals surface area contributed by atoms with Crippen LogP contribution in [0, 0.1) is 6.92 Å². The maximum absolute atomic E-state index is 11.9. The molecular weight excluding hydrogens is 310 g/mol. The highest BCUT2D eigenvalue weighted by molar-refractivity contribution is 5.95. The second-order valence-corrected chi connectivity index (χ2v) is 5.32. The summed E-state index contributed by atoms with van der Waals surface area (Å²) in [6.45, 7) is 6.89. The monoisotopic (exact) mass is 329 g/mol. The molecule has 0 saturated heterocycles. The summed E-state index contributed by atoms with van der Waals surface area (Å²) in [5.74, 6) is -0.00654. The highest BCUT2D eigenvalue weighted by Gasteiger charge is 2.13. The first-order valence-electron chi connectivity index (χ1n) is 7.39. The zero-order chi connectivity index (χ0) is 17.7. The van der Waals surface area contributed by atoms with Gasteiger partial charge in [0.1, 0.15) is 18.1 Å². The van der Waals surface area contributed by atoms with E-state index in [0.29, 0.717) is 27.7 Å². The molecule has 0 aliphatic heterocycles. The van der Waals surface area contributed by atoms with Crippen LogP contribution in [-0.4, -0.2) is 30.3 Å². The standard InChI is InChI=1S/C18H19NO5/c1-11(2)17(21)23-9-8-19-18(22)24-16-12(3)10-15(20)13-6-4-5-7-14(13)16/h4-7,10,20H,1,8-9H2,2-3H3,(H,19,22). The maximum Gasteiger partial charge on any atom is 0.412 e. The Morgan fingerprint density at radius 3 is 2.58 bits per heavy atom. The van der Waals surface area contributed by atoms with Gasteiger partial charge < -0.3 is 19.9 Å². The van der Waals surface area contributed by atoms with Crippen LogP contribution in [0.25, 0.3) is 10.8 Å². The molecule has 0 bridgehead atoms. The van der Waals surface area contributed by atoms with E-state index in [1.54, 1.807) is 44.2 Å². The number of nitrogens with one attached hydrogen (secondary N) is 1. The lowest BCUT2D eigenvalue weighted by molar-refractivity contribution is -0.138. The Balaban J connectivity index is 2.01. The third kappa shape index (κ3) is 4.04. The van der Waals surface area contributed by atoms with E-state index in [1.165, 1.54) is 0 Å². The lowest BCUT2D eigenvalue weighted by Crippen LogP contribution is -2.30. The van der Waals surface area contributed by atoms with Crippen molar-refractivity contribution in [3.05, 3.63) is 48.0 Å². The fraction of sp³-hybridized carbons (Fsp3) is 0.222. The fourth-order valence-corrected chi connectivity index (χ4v) is 2.15. The summed E-state index contributed by atoms with van der Waals surface area (Å²) in [5, 5.41) is 13.7. The SMILES string of the molecule is C=C(C)C(=O)OCCNC(=O)Oc1c(C)cc(O)c2ccccc12. The molecule has 0 aromatic heterocycles. The number of ether oxygens (including phenoxy) is 2. The van der Waals surface area contributed by atoms with E-state index in [4.69, 9.17) is 9.47 Å². The van der Waals surface area contributed by atoms with Gasteiger partial charge in [0, 0.05) is 16.3 Å². The van der Waals surface area contributed by atoms with Crippen molar-refractivity contribution in [1.29, 1.82) is 0 Å². The number of aromatic hydroxyl groups is 1. The van der Waals surface area contributed by atoms with Crippen LogP contribution in [0.2, 0.25) is 0 Å². The third-order valence-corrected chi connectivity index (χ3v) is 3.31. The fourth-order valence-electron chi connectivity index (χ4n) is 2.15. The van der Waals surface area contributed by atoms with Gasteiger partial charge in [-0.2, -0.15) is 0 Å². The minimum absolute atomic E-state index is 0.0239. The molecule has 0 saturated carbocycles. The largest absolute Gasteiger partial charge is 0.507 e. The second-order valence-electron chi connectivity index (χ2n) is 5.32. The van der Waals surface area contributed by atoms with Gasteiger partial charge in [-0.15, -0.1) is 0 Å². The Morgan fingerprint density at radius 1 is 1.25 bits per heavy atom. The molecular formula is C18H19NO5. The van der Waals surface area contributed by atoms with Crippen molar-refractivity contribution in [2.45, 2.75) is 13.8 Å². The number of fused-ring (bicyclic) bond motifs is 1. The lowest BCUT2D eigenvalue weighted by atomic mass is 10.1. The van der Waals surface area contributed by atoms with Crippen LogP contribution >= 0.6 is 0 Å².